The van der Waals surface area contributed by atoms with Crippen LogP contribution in [0.3, 0.4) is 0 Å². The van der Waals surface area contributed by atoms with E-state index < -0.39 is 11.2 Å². The molecule has 0 amide bonds. The van der Waals surface area contributed by atoms with E-state index in [0.29, 0.717) is 33.4 Å². The van der Waals surface area contributed by atoms with Gasteiger partial charge < -0.3 is 5.73 Å². The zero-order valence-corrected chi connectivity index (χ0v) is 22.0. The number of ketones is 1. The molecule has 0 atom stereocenters. The molecule has 7 nitrogen and oxygen atoms in total. The quantitative estimate of drug-likeness (QED) is 0.439. The van der Waals surface area contributed by atoms with Crippen LogP contribution in [-0.2, 0) is 20.0 Å². The molecule has 0 saturated heterocycles. The number of halogens is 1. The number of thiophene rings is 1. The minimum absolute atomic E-state index is 0.0977. The molecule has 0 bridgehead atoms. The number of hydrogen-bond acceptors (Lipinski definition) is 7. The lowest BCUT2D eigenvalue weighted by Gasteiger charge is -2.17. The summed E-state index contributed by atoms with van der Waals surface area (Å²) in [6.07, 6.45) is 2.20. The highest BCUT2D eigenvalue weighted by molar-refractivity contribution is 9.11. The summed E-state index contributed by atoms with van der Waals surface area (Å²) in [6.45, 7) is 8.64. The minimum Gasteiger partial charge on any atom is -0.384 e. The van der Waals surface area contributed by atoms with E-state index in [4.69, 9.17) is 10.7 Å². The van der Waals surface area contributed by atoms with Gasteiger partial charge in [-0.2, -0.15) is 0 Å². The molecule has 0 unspecified atom stereocenters. The summed E-state index contributed by atoms with van der Waals surface area (Å²) in [5.74, 6) is -0.0288. The molecule has 0 saturated carbocycles. The minimum atomic E-state index is -0.505. The van der Waals surface area contributed by atoms with Crippen LogP contribution in [0.15, 0.2) is 25.5 Å². The fraction of sp³-hybridized carbons (Fsp3) is 0.455. The van der Waals surface area contributed by atoms with Gasteiger partial charge in [0.25, 0.3) is 5.56 Å². The van der Waals surface area contributed by atoms with Crippen molar-refractivity contribution in [1.82, 2.24) is 14.1 Å². The summed E-state index contributed by atoms with van der Waals surface area (Å²) in [7, 11) is 1.44. The molecule has 0 spiro atoms. The van der Waals surface area contributed by atoms with Crippen LogP contribution in [0.25, 0.3) is 10.6 Å². The van der Waals surface area contributed by atoms with Gasteiger partial charge in [0.1, 0.15) is 16.4 Å². The highest BCUT2D eigenvalue weighted by atomic mass is 79.9. The topological polar surface area (TPSA) is 100.0 Å². The summed E-state index contributed by atoms with van der Waals surface area (Å²) >= 11 is 5.92. The lowest BCUT2D eigenvalue weighted by molar-refractivity contribution is 0.104. The Morgan fingerprint density at radius 1 is 1.22 bits per heavy atom. The van der Waals surface area contributed by atoms with E-state index in [1.807, 2.05) is 13.0 Å². The Balaban J connectivity index is 2.23. The van der Waals surface area contributed by atoms with Gasteiger partial charge in [-0.3, -0.25) is 18.7 Å². The fourth-order valence-corrected chi connectivity index (χ4v) is 5.80. The predicted molar refractivity (Wildman–Crippen MR) is 135 cm³/mol. The Bertz CT molecular complexity index is 1280. The zero-order valence-electron chi connectivity index (χ0n) is 18.8. The summed E-state index contributed by atoms with van der Waals surface area (Å²) in [6, 6.07) is 3.61. The number of carbonyl (C=O) groups excluding carboxylic acids is 1. The van der Waals surface area contributed by atoms with Crippen LogP contribution in [0.4, 0.5) is 5.82 Å². The Morgan fingerprint density at radius 2 is 1.91 bits per heavy atom. The lowest BCUT2D eigenvalue weighted by atomic mass is 9.90. The van der Waals surface area contributed by atoms with Crippen molar-refractivity contribution in [2.45, 2.75) is 53.5 Å². The maximum absolute atomic E-state index is 13.3. The SMILES string of the molecule is CCCCn1c(N)c(-c2nc(CC(C)(C)C)c(C(=O)c3ccc(Br)s3)s2)c(=O)n(C)c1=O. The number of rotatable bonds is 7. The number of carbonyl (C=O) groups is 1. The Kier molecular flexibility index (Phi) is 7.26. The van der Waals surface area contributed by atoms with Gasteiger partial charge in [-0.25, -0.2) is 9.78 Å². The third kappa shape index (κ3) is 4.97. The number of hydrogen-bond donors (Lipinski definition) is 1. The van der Waals surface area contributed by atoms with Crippen molar-refractivity contribution in [1.29, 1.82) is 0 Å². The summed E-state index contributed by atoms with van der Waals surface area (Å²) < 4.78 is 3.34. The van der Waals surface area contributed by atoms with E-state index in [1.54, 1.807) is 6.07 Å². The molecule has 0 fully saturated rings. The zero-order chi connectivity index (χ0) is 23.8. The standard InChI is InChI=1S/C22H27BrN4O3S2/c1-6-7-10-27-18(24)15(20(29)26(5)21(27)30)19-25-12(11-22(2,3)4)17(32-19)16(28)13-8-9-14(23)31-13/h8-9H,6-7,10-11,24H2,1-5H3. The third-order valence-corrected chi connectivity index (χ3v) is 7.67. The van der Waals surface area contributed by atoms with E-state index in [9.17, 15) is 14.4 Å². The maximum atomic E-state index is 13.3. The van der Waals surface area contributed by atoms with E-state index in [2.05, 4.69) is 36.7 Å². The van der Waals surface area contributed by atoms with Crippen LogP contribution in [-0.4, -0.2) is 19.9 Å². The largest absolute Gasteiger partial charge is 0.384 e. The van der Waals surface area contributed by atoms with Gasteiger partial charge in [-0.1, -0.05) is 34.1 Å². The highest BCUT2D eigenvalue weighted by Gasteiger charge is 2.27. The van der Waals surface area contributed by atoms with Crippen molar-refractivity contribution in [3.63, 3.8) is 0 Å². The molecule has 0 aliphatic carbocycles. The molecule has 3 rings (SSSR count). The summed E-state index contributed by atoms with van der Waals surface area (Å²) in [5.41, 5.74) is 6.07. The van der Waals surface area contributed by atoms with Crippen molar-refractivity contribution < 1.29 is 4.79 Å². The number of anilines is 1. The van der Waals surface area contributed by atoms with Crippen molar-refractivity contribution in [3.8, 4) is 10.6 Å². The molecule has 0 aliphatic rings. The van der Waals surface area contributed by atoms with Crippen molar-refractivity contribution in [2.24, 2.45) is 12.5 Å². The number of thiazole rings is 1. The normalized spacial score (nSPS) is 11.8. The first kappa shape index (κ1) is 24.6. The van der Waals surface area contributed by atoms with Gasteiger partial charge >= 0.3 is 5.69 Å². The fourth-order valence-electron chi connectivity index (χ4n) is 3.32. The lowest BCUT2D eigenvalue weighted by Crippen LogP contribution is -2.40. The average Bonchev–Trinajstić information content (AvgIpc) is 3.31. The first-order chi connectivity index (χ1) is 14.9. The van der Waals surface area contributed by atoms with Crippen LogP contribution < -0.4 is 17.0 Å². The van der Waals surface area contributed by atoms with Gasteiger partial charge in [0.15, 0.2) is 0 Å². The molecule has 172 valence electrons. The molecule has 0 radical (unpaired) electrons. The second-order valence-corrected chi connectivity index (χ2v) is 12.3. The van der Waals surface area contributed by atoms with E-state index in [-0.39, 0.29) is 22.6 Å². The number of nitrogens with zero attached hydrogens (tertiary/aromatic N) is 3. The van der Waals surface area contributed by atoms with Gasteiger partial charge in [-0.15, -0.1) is 22.7 Å². The van der Waals surface area contributed by atoms with Crippen molar-refractivity contribution in [3.05, 3.63) is 52.2 Å². The molecule has 2 N–H and O–H groups in total. The molecule has 0 aromatic carbocycles. The number of nitrogens with two attached hydrogens (primary N) is 1. The molecule has 3 aromatic heterocycles. The molecular formula is C22H27BrN4O3S2. The molecule has 3 aromatic rings. The van der Waals surface area contributed by atoms with Gasteiger partial charge in [0.05, 0.1) is 19.2 Å². The summed E-state index contributed by atoms with van der Waals surface area (Å²) in [5, 5.41) is 0.367. The molecule has 3 heterocycles. The van der Waals surface area contributed by atoms with Gasteiger partial charge in [-0.05, 0) is 46.3 Å². The Morgan fingerprint density at radius 3 is 2.47 bits per heavy atom. The van der Waals surface area contributed by atoms with Crippen LogP contribution in [0.5, 0.6) is 0 Å². The van der Waals surface area contributed by atoms with E-state index >= 15 is 0 Å². The van der Waals surface area contributed by atoms with E-state index in [0.717, 1.165) is 32.5 Å². The van der Waals surface area contributed by atoms with Crippen molar-refractivity contribution in [2.75, 3.05) is 5.73 Å². The highest BCUT2D eigenvalue weighted by Crippen LogP contribution is 2.35. The Hall–Kier alpha value is -2.04. The van der Waals surface area contributed by atoms with Crippen LogP contribution in [0, 0.1) is 5.41 Å². The van der Waals surface area contributed by atoms with Gasteiger partial charge in [0.2, 0.25) is 5.78 Å². The monoisotopic (exact) mass is 538 g/mol. The van der Waals surface area contributed by atoms with E-state index in [1.165, 1.54) is 23.0 Å². The predicted octanol–water partition coefficient (Wildman–Crippen LogP) is 4.70. The number of nitrogen functional groups attached to an aromatic ring is 1. The molecule has 32 heavy (non-hydrogen) atoms. The number of unbranched alkanes of at least 4 members (excludes halogenated alkanes) is 1. The maximum Gasteiger partial charge on any atom is 0.332 e. The first-order valence-corrected chi connectivity index (χ1v) is 12.8. The first-order valence-electron chi connectivity index (χ1n) is 10.3. The average molecular weight is 540 g/mol. The van der Waals surface area contributed by atoms with Crippen LogP contribution in [0.1, 0.15) is 60.8 Å². The van der Waals surface area contributed by atoms with Crippen LogP contribution >= 0.6 is 38.6 Å². The second kappa shape index (κ2) is 9.44. The smallest absolute Gasteiger partial charge is 0.332 e. The third-order valence-electron chi connectivity index (χ3n) is 4.93. The molecule has 0 aliphatic heterocycles. The molecular weight excluding hydrogens is 512 g/mol. The summed E-state index contributed by atoms with van der Waals surface area (Å²) in [4.78, 5) is 44.8. The van der Waals surface area contributed by atoms with Gasteiger partial charge in [0, 0.05) is 13.6 Å². The van der Waals surface area contributed by atoms with Crippen molar-refractivity contribution >= 4 is 50.2 Å². The molecule has 10 heteroatoms. The number of aromatic nitrogens is 3. The van der Waals surface area contributed by atoms with Crippen LogP contribution in [0.2, 0.25) is 0 Å². The second-order valence-electron chi connectivity index (χ2n) is 8.88. The Labute approximate surface area is 203 Å².